The summed E-state index contributed by atoms with van der Waals surface area (Å²) in [5.74, 6) is 0.796. The minimum Gasteiger partial charge on any atom is -0.378 e. The summed E-state index contributed by atoms with van der Waals surface area (Å²) in [5, 5.41) is 0. The minimum atomic E-state index is 0.518. The predicted molar refractivity (Wildman–Crippen MR) is 117 cm³/mol. The number of allylic oxidation sites excluding steroid dienone is 2. The molecule has 0 fully saturated rings. The van der Waals surface area contributed by atoms with Crippen LogP contribution in [0.1, 0.15) is 130 Å². The van der Waals surface area contributed by atoms with Crippen LogP contribution in [-0.4, -0.2) is 12.7 Å². The molecule has 0 aliphatic heterocycles. The molecule has 0 N–H and O–H groups in total. The van der Waals surface area contributed by atoms with E-state index < -0.39 is 0 Å². The Kier molecular flexibility index (Phi) is 15.4. The SMILES string of the molecule is CCCCOC(CCC)C(CCC)CCCCCCCC1=CCCCC1. The molecule has 0 aromatic carbocycles. The molecule has 0 aromatic heterocycles. The van der Waals surface area contributed by atoms with E-state index in [1.807, 2.05) is 0 Å². The van der Waals surface area contributed by atoms with Crippen molar-refractivity contribution in [1.82, 2.24) is 0 Å². The molecule has 2 atom stereocenters. The first kappa shape index (κ1) is 23.7. The highest BCUT2D eigenvalue weighted by Crippen LogP contribution is 2.26. The summed E-state index contributed by atoms with van der Waals surface area (Å²) < 4.78 is 6.29. The van der Waals surface area contributed by atoms with Crippen LogP contribution in [0.2, 0.25) is 0 Å². The Morgan fingerprint density at radius 3 is 2.27 bits per heavy atom. The molecule has 1 heteroatoms. The minimum absolute atomic E-state index is 0.518. The summed E-state index contributed by atoms with van der Waals surface area (Å²) in [7, 11) is 0. The maximum Gasteiger partial charge on any atom is 0.0603 e. The van der Waals surface area contributed by atoms with Crippen molar-refractivity contribution in [2.24, 2.45) is 5.92 Å². The van der Waals surface area contributed by atoms with Crippen LogP contribution in [0.3, 0.4) is 0 Å². The Morgan fingerprint density at radius 1 is 0.808 bits per heavy atom. The summed E-state index contributed by atoms with van der Waals surface area (Å²) >= 11 is 0. The largest absolute Gasteiger partial charge is 0.378 e. The van der Waals surface area contributed by atoms with Crippen LogP contribution in [0.25, 0.3) is 0 Å². The van der Waals surface area contributed by atoms with Gasteiger partial charge in [-0.1, -0.05) is 77.4 Å². The average molecular weight is 365 g/mol. The van der Waals surface area contributed by atoms with E-state index in [2.05, 4.69) is 26.8 Å². The molecule has 1 nitrogen and oxygen atoms in total. The zero-order chi connectivity index (χ0) is 18.9. The Labute approximate surface area is 165 Å². The van der Waals surface area contributed by atoms with E-state index in [-0.39, 0.29) is 0 Å². The normalized spacial score (nSPS) is 17.1. The van der Waals surface area contributed by atoms with Crippen molar-refractivity contribution in [3.05, 3.63) is 11.6 Å². The van der Waals surface area contributed by atoms with Crippen LogP contribution >= 0.6 is 0 Å². The Bertz CT molecular complexity index is 333. The van der Waals surface area contributed by atoms with Crippen LogP contribution in [0.15, 0.2) is 11.6 Å². The van der Waals surface area contributed by atoms with Gasteiger partial charge in [-0.05, 0) is 70.1 Å². The van der Waals surface area contributed by atoms with Crippen molar-refractivity contribution in [1.29, 1.82) is 0 Å². The second kappa shape index (κ2) is 16.8. The molecule has 154 valence electrons. The third-order valence-electron chi connectivity index (χ3n) is 6.05. The first-order chi connectivity index (χ1) is 12.8. The van der Waals surface area contributed by atoms with Crippen LogP contribution in [0.4, 0.5) is 0 Å². The third kappa shape index (κ3) is 11.4. The molecule has 0 radical (unpaired) electrons. The summed E-state index contributed by atoms with van der Waals surface area (Å²) in [4.78, 5) is 0. The van der Waals surface area contributed by atoms with Gasteiger partial charge in [-0.25, -0.2) is 0 Å². The molecule has 0 bridgehead atoms. The number of hydrogen-bond donors (Lipinski definition) is 0. The van der Waals surface area contributed by atoms with Gasteiger partial charge in [-0.2, -0.15) is 0 Å². The van der Waals surface area contributed by atoms with Gasteiger partial charge in [0.25, 0.3) is 0 Å². The summed E-state index contributed by atoms with van der Waals surface area (Å²) in [5.41, 5.74) is 1.76. The van der Waals surface area contributed by atoms with Gasteiger partial charge in [0.1, 0.15) is 0 Å². The Hall–Kier alpha value is -0.300. The van der Waals surface area contributed by atoms with E-state index in [0.29, 0.717) is 6.10 Å². The van der Waals surface area contributed by atoms with Crippen molar-refractivity contribution in [3.8, 4) is 0 Å². The maximum atomic E-state index is 6.29. The second-order valence-electron chi connectivity index (χ2n) is 8.51. The lowest BCUT2D eigenvalue weighted by Gasteiger charge is -2.27. The van der Waals surface area contributed by atoms with E-state index in [1.165, 1.54) is 109 Å². The molecule has 0 amide bonds. The number of ether oxygens (including phenoxy) is 1. The van der Waals surface area contributed by atoms with Crippen LogP contribution < -0.4 is 0 Å². The molecule has 1 aliphatic carbocycles. The molecule has 0 saturated carbocycles. The molecule has 1 aliphatic rings. The first-order valence-electron chi connectivity index (χ1n) is 12.1. The van der Waals surface area contributed by atoms with Crippen molar-refractivity contribution >= 4 is 0 Å². The van der Waals surface area contributed by atoms with E-state index in [4.69, 9.17) is 4.74 Å². The van der Waals surface area contributed by atoms with E-state index in [1.54, 1.807) is 5.57 Å². The molecule has 0 saturated heterocycles. The molecule has 1 rings (SSSR count). The number of unbranched alkanes of at least 4 members (excludes halogenated alkanes) is 5. The van der Waals surface area contributed by atoms with E-state index >= 15 is 0 Å². The maximum absolute atomic E-state index is 6.29. The summed E-state index contributed by atoms with van der Waals surface area (Å²) in [6, 6.07) is 0. The van der Waals surface area contributed by atoms with Gasteiger partial charge in [0.2, 0.25) is 0 Å². The van der Waals surface area contributed by atoms with Crippen molar-refractivity contribution < 1.29 is 4.74 Å². The summed E-state index contributed by atoms with van der Waals surface area (Å²) in [6.45, 7) is 7.87. The highest BCUT2D eigenvalue weighted by atomic mass is 16.5. The van der Waals surface area contributed by atoms with Gasteiger partial charge >= 0.3 is 0 Å². The monoisotopic (exact) mass is 364 g/mol. The fraction of sp³-hybridized carbons (Fsp3) is 0.920. The molecular weight excluding hydrogens is 316 g/mol. The fourth-order valence-corrected chi connectivity index (χ4v) is 4.43. The lowest BCUT2D eigenvalue weighted by molar-refractivity contribution is -0.00149. The van der Waals surface area contributed by atoms with Gasteiger partial charge in [0.05, 0.1) is 6.10 Å². The molecule has 26 heavy (non-hydrogen) atoms. The van der Waals surface area contributed by atoms with Gasteiger partial charge in [0, 0.05) is 6.61 Å². The van der Waals surface area contributed by atoms with Crippen molar-refractivity contribution in [2.45, 2.75) is 136 Å². The standard InChI is InChI=1S/C25H48O/c1-4-7-22-26-25(17-6-3)24(16-5-2)21-15-10-8-9-12-18-23-19-13-11-14-20-23/h19,24-25H,4-18,20-22H2,1-3H3. The zero-order valence-electron chi connectivity index (χ0n) is 18.4. The highest BCUT2D eigenvalue weighted by molar-refractivity contribution is 5.04. The van der Waals surface area contributed by atoms with E-state index in [0.717, 1.165) is 12.5 Å². The lowest BCUT2D eigenvalue weighted by Crippen LogP contribution is -2.25. The third-order valence-corrected chi connectivity index (χ3v) is 6.05. The molecule has 0 aromatic rings. The topological polar surface area (TPSA) is 9.23 Å². The van der Waals surface area contributed by atoms with Gasteiger partial charge < -0.3 is 4.74 Å². The van der Waals surface area contributed by atoms with Gasteiger partial charge in [-0.15, -0.1) is 0 Å². The van der Waals surface area contributed by atoms with Gasteiger partial charge in [0.15, 0.2) is 0 Å². The smallest absolute Gasteiger partial charge is 0.0603 e. The molecule has 2 unspecified atom stereocenters. The number of rotatable bonds is 17. The average Bonchev–Trinajstić information content (AvgIpc) is 2.67. The molecule has 0 spiro atoms. The van der Waals surface area contributed by atoms with Crippen LogP contribution in [-0.2, 0) is 4.74 Å². The molecule has 0 heterocycles. The van der Waals surface area contributed by atoms with Crippen molar-refractivity contribution in [2.75, 3.05) is 6.61 Å². The van der Waals surface area contributed by atoms with Crippen molar-refractivity contribution in [3.63, 3.8) is 0 Å². The zero-order valence-corrected chi connectivity index (χ0v) is 18.4. The predicted octanol–water partition coefficient (Wildman–Crippen LogP) is 8.62. The summed E-state index contributed by atoms with van der Waals surface area (Å²) in [6.07, 6.45) is 26.1. The lowest BCUT2D eigenvalue weighted by atomic mass is 9.88. The first-order valence-corrected chi connectivity index (χ1v) is 12.1. The highest BCUT2D eigenvalue weighted by Gasteiger charge is 2.20. The Morgan fingerprint density at radius 2 is 1.58 bits per heavy atom. The fourth-order valence-electron chi connectivity index (χ4n) is 4.43. The second-order valence-corrected chi connectivity index (χ2v) is 8.51. The Balaban J connectivity index is 2.16. The molecular formula is C25H48O. The van der Waals surface area contributed by atoms with Crippen LogP contribution in [0, 0.1) is 5.92 Å². The van der Waals surface area contributed by atoms with Crippen LogP contribution in [0.5, 0.6) is 0 Å². The number of hydrogen-bond acceptors (Lipinski definition) is 1. The van der Waals surface area contributed by atoms with E-state index in [9.17, 15) is 0 Å². The quantitative estimate of drug-likeness (QED) is 0.185. The van der Waals surface area contributed by atoms with Gasteiger partial charge in [-0.3, -0.25) is 0 Å².